The lowest BCUT2D eigenvalue weighted by Gasteiger charge is -2.40. The van der Waals surface area contributed by atoms with E-state index in [0.717, 1.165) is 36.2 Å². The van der Waals surface area contributed by atoms with Crippen molar-refractivity contribution in [2.45, 2.75) is 123 Å². The number of dihydropyridines is 1. The Kier molecular flexibility index (Phi) is 15.8. The Labute approximate surface area is 257 Å². The van der Waals surface area contributed by atoms with Crippen LogP contribution in [-0.4, -0.2) is 49.2 Å². The number of halogens is 2. The summed E-state index contributed by atoms with van der Waals surface area (Å²) in [6.07, 6.45) is 15.8. The van der Waals surface area contributed by atoms with Crippen LogP contribution in [0.25, 0.3) is 0 Å². The van der Waals surface area contributed by atoms with Crippen LogP contribution in [0.2, 0.25) is 0 Å². The molecule has 43 heavy (non-hydrogen) atoms. The number of nitrogens with one attached hydrogen (secondary N) is 5. The predicted octanol–water partition coefficient (Wildman–Crippen LogP) is 7.95. The quantitative estimate of drug-likeness (QED) is 0.166. The molecule has 5 rings (SSSR count). The second-order valence-electron chi connectivity index (χ2n) is 11.6. The molecule has 4 aliphatic rings. The molecule has 1 heterocycles. The Balaban J connectivity index is 0.000000569. The van der Waals surface area contributed by atoms with Crippen LogP contribution in [0, 0.1) is 16.7 Å². The highest BCUT2D eigenvalue weighted by Crippen LogP contribution is 2.40. The Hall–Kier alpha value is -2.91. The molecule has 9 heteroatoms. The first-order valence-corrected chi connectivity index (χ1v) is 15.9. The van der Waals surface area contributed by atoms with Crippen molar-refractivity contribution in [3.63, 3.8) is 0 Å². The van der Waals surface area contributed by atoms with Crippen LogP contribution in [0.5, 0.6) is 0 Å². The molecule has 1 aromatic carbocycles. The van der Waals surface area contributed by atoms with E-state index in [-0.39, 0.29) is 23.5 Å². The lowest BCUT2D eigenvalue weighted by Crippen LogP contribution is -2.49. The molecule has 3 fully saturated rings. The fourth-order valence-electron chi connectivity index (χ4n) is 5.13. The van der Waals surface area contributed by atoms with Crippen LogP contribution in [0.3, 0.4) is 0 Å². The van der Waals surface area contributed by atoms with Crippen LogP contribution < -0.4 is 16.0 Å². The third kappa shape index (κ3) is 12.3. The van der Waals surface area contributed by atoms with Crippen molar-refractivity contribution >= 4 is 24.0 Å². The Morgan fingerprint density at radius 2 is 1.86 bits per heavy atom. The fraction of sp³-hybridized carbons (Fsp3) is 0.618. The lowest BCUT2D eigenvalue weighted by atomic mass is 9.77. The lowest BCUT2D eigenvalue weighted by molar-refractivity contribution is -0.184. The van der Waals surface area contributed by atoms with E-state index < -0.39 is 12.7 Å². The summed E-state index contributed by atoms with van der Waals surface area (Å²) in [5, 5.41) is 22.7. The van der Waals surface area contributed by atoms with Gasteiger partial charge in [0.25, 0.3) is 5.91 Å². The maximum absolute atomic E-state index is 13.1. The molecule has 0 saturated heterocycles. The third-order valence-corrected chi connectivity index (χ3v) is 7.97. The maximum atomic E-state index is 13.1. The summed E-state index contributed by atoms with van der Waals surface area (Å²) >= 11 is 0. The zero-order valence-electron chi connectivity index (χ0n) is 26.6. The number of unbranched alkanes of at least 4 members (excludes halogenated alkanes) is 1. The van der Waals surface area contributed by atoms with Gasteiger partial charge in [-0.2, -0.15) is 8.78 Å². The number of carbonyl (C=O) groups excluding carboxylic acids is 1. The number of rotatable bonds is 11. The van der Waals surface area contributed by atoms with Gasteiger partial charge in [-0.05, 0) is 125 Å². The second kappa shape index (κ2) is 18.7. The zero-order valence-corrected chi connectivity index (χ0v) is 26.6. The van der Waals surface area contributed by atoms with Crippen molar-refractivity contribution in [1.29, 1.82) is 10.8 Å². The van der Waals surface area contributed by atoms with Crippen molar-refractivity contribution in [3.8, 4) is 0 Å². The molecule has 5 N–H and O–H groups in total. The van der Waals surface area contributed by atoms with E-state index in [1.165, 1.54) is 50.2 Å². The van der Waals surface area contributed by atoms with Gasteiger partial charge in [-0.25, -0.2) is 0 Å². The van der Waals surface area contributed by atoms with Gasteiger partial charge in [-0.15, -0.1) is 0 Å². The van der Waals surface area contributed by atoms with E-state index in [2.05, 4.69) is 40.6 Å². The van der Waals surface area contributed by atoms with Gasteiger partial charge in [-0.3, -0.25) is 4.79 Å². The van der Waals surface area contributed by atoms with Crippen molar-refractivity contribution < 1.29 is 18.3 Å². The number of carbonyl (C=O) groups is 1. The van der Waals surface area contributed by atoms with Crippen molar-refractivity contribution in [3.05, 3.63) is 53.3 Å². The summed E-state index contributed by atoms with van der Waals surface area (Å²) in [5.74, 6) is 0.639. The largest absolute Gasteiger partial charge is 0.374 e. The first kappa shape index (κ1) is 36.3. The van der Waals surface area contributed by atoms with Gasteiger partial charge < -0.3 is 31.5 Å². The number of amides is 1. The van der Waals surface area contributed by atoms with E-state index in [4.69, 9.17) is 10.8 Å². The van der Waals surface area contributed by atoms with Crippen LogP contribution in [0.4, 0.5) is 14.5 Å². The highest BCUT2D eigenvalue weighted by molar-refractivity contribution is 5.96. The number of hydrogen-bond donors (Lipinski definition) is 5. The van der Waals surface area contributed by atoms with Crippen molar-refractivity contribution in [2.24, 2.45) is 5.92 Å². The number of hydrogen-bond acceptors (Lipinski definition) is 6. The topological polar surface area (TPSA) is 110 Å². The van der Waals surface area contributed by atoms with E-state index in [9.17, 15) is 13.6 Å². The molecule has 1 amide bonds. The van der Waals surface area contributed by atoms with E-state index in [0.29, 0.717) is 18.8 Å². The molecule has 240 valence electrons. The highest BCUT2D eigenvalue weighted by atomic mass is 19.3. The summed E-state index contributed by atoms with van der Waals surface area (Å²) in [4.78, 5) is 13.1. The van der Waals surface area contributed by atoms with Crippen LogP contribution in [-0.2, 0) is 9.53 Å². The minimum atomic E-state index is -2.72. The maximum Gasteiger partial charge on any atom is 0.345 e. The van der Waals surface area contributed by atoms with Gasteiger partial charge in [0.2, 0.25) is 0 Å². The molecule has 7 nitrogen and oxygen atoms in total. The number of alkyl halides is 2. The molecule has 1 aliphatic heterocycles. The summed E-state index contributed by atoms with van der Waals surface area (Å²) in [7, 11) is 0. The first-order valence-electron chi connectivity index (χ1n) is 15.9. The van der Waals surface area contributed by atoms with Crippen LogP contribution in [0.1, 0.15) is 104 Å². The number of ether oxygens (including phenoxy) is 1. The molecule has 0 radical (unpaired) electrons. The molecule has 0 spiro atoms. The number of anilines is 1. The van der Waals surface area contributed by atoms with Crippen molar-refractivity contribution in [2.75, 3.05) is 11.9 Å². The first-order chi connectivity index (χ1) is 20.7. The fourth-order valence-corrected chi connectivity index (χ4v) is 5.13. The number of benzene rings is 1. The SMILES string of the molecule is CC.CC1(NCC2=CC(C(=O)Nc3cccc(C4CC(OC(F)F)C4)c3)NC(C3CC3)=C2)CCC1.CC=N.CCCC=N. The standard InChI is InChI=1S/C26H33F2N3O2.C4H9N.C2H5N.C2H6/c1-26(8-3-9-26)29-15-16-10-22(17-6-7-17)31-23(11-16)24(32)30-20-5-2-4-18(12-20)19-13-21(14-19)33-25(27)28;1-2-3-4-5;1-2-3;1-2/h2,4-5,10-12,17,19,21,23,25,29,31H,3,6-9,13-15H2,1H3,(H,30,32);4-5H,2-3H2,1H3;2-3H,1H3;1-2H3. The molecule has 1 unspecified atom stereocenters. The van der Waals surface area contributed by atoms with Gasteiger partial charge in [0.1, 0.15) is 6.04 Å². The monoisotopic (exact) mass is 601 g/mol. The summed E-state index contributed by atoms with van der Waals surface area (Å²) in [6.45, 7) is 8.05. The van der Waals surface area contributed by atoms with Crippen LogP contribution in [0.15, 0.2) is 47.7 Å². The molecular weight excluding hydrogens is 548 g/mol. The van der Waals surface area contributed by atoms with Crippen LogP contribution >= 0.6 is 0 Å². The molecule has 0 bridgehead atoms. The Morgan fingerprint density at radius 3 is 2.37 bits per heavy atom. The predicted molar refractivity (Wildman–Crippen MR) is 173 cm³/mol. The minimum absolute atomic E-state index is 0.0849. The molecule has 3 saturated carbocycles. The van der Waals surface area contributed by atoms with Gasteiger partial charge in [0.05, 0.1) is 6.10 Å². The normalized spacial score (nSPS) is 22.9. The molecule has 1 aromatic rings. The van der Waals surface area contributed by atoms with E-state index >= 15 is 0 Å². The molecule has 3 aliphatic carbocycles. The zero-order chi connectivity index (χ0) is 31.8. The molecule has 0 aromatic heterocycles. The second-order valence-corrected chi connectivity index (χ2v) is 11.6. The average Bonchev–Trinajstić information content (AvgIpc) is 3.81. The van der Waals surface area contributed by atoms with E-state index in [1.54, 1.807) is 6.92 Å². The molecule has 1 atom stereocenters. The van der Waals surface area contributed by atoms with Gasteiger partial charge in [-0.1, -0.05) is 39.3 Å². The van der Waals surface area contributed by atoms with Gasteiger partial charge >= 0.3 is 6.61 Å². The highest BCUT2D eigenvalue weighted by Gasteiger charge is 2.35. The van der Waals surface area contributed by atoms with E-state index in [1.807, 2.05) is 44.2 Å². The minimum Gasteiger partial charge on any atom is -0.374 e. The summed E-state index contributed by atoms with van der Waals surface area (Å²) < 4.78 is 29.3. The molecular formula is C34H53F2N5O2. The number of allylic oxidation sites excluding steroid dienone is 1. The average molecular weight is 602 g/mol. The summed E-state index contributed by atoms with van der Waals surface area (Å²) in [5.41, 5.74) is 4.33. The third-order valence-electron chi connectivity index (χ3n) is 7.97. The van der Waals surface area contributed by atoms with Gasteiger partial charge in [0.15, 0.2) is 0 Å². The smallest absolute Gasteiger partial charge is 0.345 e. The Morgan fingerprint density at radius 1 is 1.19 bits per heavy atom. The van der Waals surface area contributed by atoms with Crippen molar-refractivity contribution in [1.82, 2.24) is 10.6 Å². The summed E-state index contributed by atoms with van der Waals surface area (Å²) in [6, 6.07) is 7.30. The van der Waals surface area contributed by atoms with Gasteiger partial charge in [0, 0.05) is 23.5 Å². The Bertz CT molecular complexity index is 1080.